The number of ether oxygens (including phenoxy) is 1. The van der Waals surface area contributed by atoms with E-state index in [1.807, 2.05) is 18.2 Å². The van der Waals surface area contributed by atoms with E-state index in [0.29, 0.717) is 12.3 Å². The molecule has 0 N–H and O–H groups in total. The van der Waals surface area contributed by atoms with Crippen molar-refractivity contribution in [1.29, 1.82) is 0 Å². The maximum absolute atomic E-state index is 6.33. The zero-order valence-corrected chi connectivity index (χ0v) is 21.9. The number of aryl methyl sites for hydroxylation is 1. The van der Waals surface area contributed by atoms with Gasteiger partial charge in [0.1, 0.15) is 15.8 Å². The van der Waals surface area contributed by atoms with E-state index in [1.165, 1.54) is 5.56 Å². The van der Waals surface area contributed by atoms with Crippen LogP contribution in [0.5, 0.6) is 11.6 Å². The van der Waals surface area contributed by atoms with Crippen molar-refractivity contribution >= 4 is 11.3 Å². The molecule has 6 heteroatoms. The molecule has 0 saturated heterocycles. The van der Waals surface area contributed by atoms with Crippen LogP contribution in [0.4, 0.5) is 0 Å². The molecule has 0 atom stereocenters. The molecule has 182 valence electrons. The van der Waals surface area contributed by atoms with E-state index in [9.17, 15) is 0 Å². The van der Waals surface area contributed by atoms with Crippen LogP contribution in [0.15, 0.2) is 72.9 Å². The third-order valence-corrected chi connectivity index (χ3v) is 6.81. The van der Waals surface area contributed by atoms with E-state index in [0.717, 1.165) is 52.8 Å². The molecular weight excluding hydrogens is 452 g/mol. The minimum Gasteiger partial charge on any atom is -0.438 e. The summed E-state index contributed by atoms with van der Waals surface area (Å²) < 4.78 is 6.33. The first-order chi connectivity index (χ1) is 16.9. The molecule has 0 bridgehead atoms. The Balaban J connectivity index is 1.35. The fourth-order valence-electron chi connectivity index (χ4n) is 4.03. The molecule has 0 spiro atoms. The van der Waals surface area contributed by atoms with Crippen LogP contribution >= 0.6 is 11.3 Å². The second-order valence-electron chi connectivity index (χ2n) is 9.91. The zero-order valence-electron chi connectivity index (χ0n) is 21.1. The molecule has 0 amide bonds. The van der Waals surface area contributed by atoms with Crippen LogP contribution in [0.3, 0.4) is 0 Å². The average Bonchev–Trinajstić information content (AvgIpc) is 3.28. The van der Waals surface area contributed by atoms with Gasteiger partial charge < -0.3 is 9.64 Å². The van der Waals surface area contributed by atoms with Crippen molar-refractivity contribution in [2.75, 3.05) is 13.6 Å². The maximum atomic E-state index is 6.33. The third kappa shape index (κ3) is 7.20. The summed E-state index contributed by atoms with van der Waals surface area (Å²) in [7, 11) is 2.17. The maximum Gasteiger partial charge on any atom is 0.222 e. The van der Waals surface area contributed by atoms with Gasteiger partial charge in [-0.3, -0.25) is 0 Å². The van der Waals surface area contributed by atoms with E-state index in [4.69, 9.17) is 4.74 Å². The molecule has 35 heavy (non-hydrogen) atoms. The Morgan fingerprint density at radius 2 is 1.63 bits per heavy atom. The Kier molecular flexibility index (Phi) is 8.26. The number of rotatable bonds is 10. The van der Waals surface area contributed by atoms with Gasteiger partial charge >= 0.3 is 0 Å². The summed E-state index contributed by atoms with van der Waals surface area (Å²) in [5, 5.41) is 11.0. The lowest BCUT2D eigenvalue weighted by atomic mass is 9.86. The predicted molar refractivity (Wildman–Crippen MR) is 143 cm³/mol. The number of para-hydroxylation sites is 1. The normalized spacial score (nSPS) is 11.7. The van der Waals surface area contributed by atoms with Crippen LogP contribution < -0.4 is 4.74 Å². The molecule has 0 saturated carbocycles. The minimum atomic E-state index is -0.0190. The van der Waals surface area contributed by atoms with E-state index >= 15 is 0 Å². The molecule has 0 radical (unpaired) electrons. The summed E-state index contributed by atoms with van der Waals surface area (Å²) in [6.07, 6.45) is 4.43. The average molecular weight is 487 g/mol. The van der Waals surface area contributed by atoms with Crippen molar-refractivity contribution in [1.82, 2.24) is 20.1 Å². The highest BCUT2D eigenvalue weighted by atomic mass is 32.1. The molecule has 0 fully saturated rings. The van der Waals surface area contributed by atoms with E-state index in [2.05, 4.69) is 96.4 Å². The van der Waals surface area contributed by atoms with Crippen molar-refractivity contribution in [3.8, 4) is 11.6 Å². The fourth-order valence-corrected chi connectivity index (χ4v) is 4.94. The van der Waals surface area contributed by atoms with Crippen LogP contribution in [-0.2, 0) is 24.8 Å². The molecule has 4 aromatic rings. The molecule has 5 nitrogen and oxygen atoms in total. The van der Waals surface area contributed by atoms with Gasteiger partial charge in [0.2, 0.25) is 5.88 Å². The number of hydrogen-bond donors (Lipinski definition) is 0. The topological polar surface area (TPSA) is 51.1 Å². The summed E-state index contributed by atoms with van der Waals surface area (Å²) in [6, 6.07) is 22.8. The lowest BCUT2D eigenvalue weighted by molar-refractivity contribution is 0.322. The minimum absolute atomic E-state index is 0.0190. The Hall–Kier alpha value is -3.09. The second kappa shape index (κ2) is 11.6. The van der Waals surface area contributed by atoms with Crippen LogP contribution in [-0.4, -0.2) is 33.7 Å². The summed E-state index contributed by atoms with van der Waals surface area (Å²) in [6.45, 7) is 8.56. The van der Waals surface area contributed by atoms with Gasteiger partial charge in [-0.15, -0.1) is 21.5 Å². The lowest BCUT2D eigenvalue weighted by Gasteiger charge is -2.22. The van der Waals surface area contributed by atoms with Crippen molar-refractivity contribution in [3.63, 3.8) is 0 Å². The zero-order chi connectivity index (χ0) is 24.7. The van der Waals surface area contributed by atoms with E-state index < -0.39 is 0 Å². The predicted octanol–water partition coefficient (Wildman–Crippen LogP) is 6.68. The molecule has 2 heterocycles. The van der Waals surface area contributed by atoms with Crippen molar-refractivity contribution in [2.45, 2.75) is 52.0 Å². The van der Waals surface area contributed by atoms with Gasteiger partial charge in [0.15, 0.2) is 0 Å². The number of benzene rings is 2. The molecule has 0 aliphatic rings. The highest BCUT2D eigenvalue weighted by Crippen LogP contribution is 2.34. The summed E-state index contributed by atoms with van der Waals surface area (Å²) in [4.78, 5) is 6.89. The summed E-state index contributed by atoms with van der Waals surface area (Å²) in [5.74, 6) is 1.47. The standard InChI is InChI=1S/C29H34N4OS/c1-29(2,3)24-15-8-9-16-25(24)34-28-23(14-10-18-30-28)20-27-32-31-26(35-27)17-11-19-33(4)21-22-12-6-5-7-13-22/h5-10,12-16,18H,11,17,19-21H2,1-4H3. The number of nitrogens with zero attached hydrogens (tertiary/aromatic N) is 4. The molecule has 2 aromatic heterocycles. The highest BCUT2D eigenvalue weighted by Gasteiger charge is 2.20. The van der Waals surface area contributed by atoms with Gasteiger partial charge in [0, 0.05) is 36.7 Å². The van der Waals surface area contributed by atoms with Gasteiger partial charge in [0.05, 0.1) is 0 Å². The Morgan fingerprint density at radius 1 is 0.886 bits per heavy atom. The largest absolute Gasteiger partial charge is 0.438 e. The first kappa shape index (κ1) is 25.0. The van der Waals surface area contributed by atoms with Crippen molar-refractivity contribution in [3.05, 3.63) is 99.6 Å². The lowest BCUT2D eigenvalue weighted by Crippen LogP contribution is -2.19. The molecular formula is C29H34N4OS. The number of aromatic nitrogens is 3. The summed E-state index contributed by atoms with van der Waals surface area (Å²) in [5.41, 5.74) is 3.50. The monoisotopic (exact) mass is 486 g/mol. The molecule has 0 unspecified atom stereocenters. The van der Waals surface area contributed by atoms with Crippen LogP contribution in [0, 0.1) is 0 Å². The van der Waals surface area contributed by atoms with Gasteiger partial charge in [0.25, 0.3) is 0 Å². The summed E-state index contributed by atoms with van der Waals surface area (Å²) >= 11 is 1.68. The third-order valence-electron chi connectivity index (χ3n) is 5.83. The highest BCUT2D eigenvalue weighted by molar-refractivity contribution is 7.11. The fraction of sp³-hybridized carbons (Fsp3) is 0.345. The Bertz CT molecular complexity index is 1220. The first-order valence-electron chi connectivity index (χ1n) is 12.1. The number of hydrogen-bond acceptors (Lipinski definition) is 6. The Morgan fingerprint density at radius 3 is 2.43 bits per heavy atom. The van der Waals surface area contributed by atoms with Crippen molar-refractivity contribution < 1.29 is 4.74 Å². The van der Waals surface area contributed by atoms with Gasteiger partial charge in [-0.25, -0.2) is 4.98 Å². The number of pyridine rings is 1. The van der Waals surface area contributed by atoms with Crippen LogP contribution in [0.25, 0.3) is 0 Å². The molecule has 0 aliphatic heterocycles. The second-order valence-corrected chi connectivity index (χ2v) is 11.1. The van der Waals surface area contributed by atoms with Crippen molar-refractivity contribution in [2.24, 2.45) is 0 Å². The smallest absolute Gasteiger partial charge is 0.222 e. The first-order valence-corrected chi connectivity index (χ1v) is 12.9. The molecule has 2 aromatic carbocycles. The van der Waals surface area contributed by atoms with E-state index in [1.54, 1.807) is 17.5 Å². The van der Waals surface area contributed by atoms with Crippen LogP contribution in [0.1, 0.15) is 53.9 Å². The van der Waals surface area contributed by atoms with Gasteiger partial charge in [-0.1, -0.05) is 75.4 Å². The molecule has 0 aliphatic carbocycles. The van der Waals surface area contributed by atoms with Crippen LogP contribution in [0.2, 0.25) is 0 Å². The van der Waals surface area contributed by atoms with Gasteiger partial charge in [-0.2, -0.15) is 0 Å². The quantitative estimate of drug-likeness (QED) is 0.250. The SMILES string of the molecule is CN(CCCc1nnc(Cc2cccnc2Oc2ccccc2C(C)(C)C)s1)Cc1ccccc1. The molecule has 4 rings (SSSR count). The van der Waals surface area contributed by atoms with E-state index in [-0.39, 0.29) is 5.41 Å². The van der Waals surface area contributed by atoms with Gasteiger partial charge in [-0.05, 0) is 43.1 Å². The Labute approximate surface area is 212 Å².